The van der Waals surface area contributed by atoms with E-state index in [1.54, 1.807) is 0 Å². The second kappa shape index (κ2) is 6.91. The van der Waals surface area contributed by atoms with Crippen LogP contribution in [0.5, 0.6) is 0 Å². The average Bonchev–Trinajstić information content (AvgIpc) is 2.46. The maximum absolute atomic E-state index is 12.2. The zero-order chi connectivity index (χ0) is 15.4. The van der Waals surface area contributed by atoms with Crippen molar-refractivity contribution in [1.29, 1.82) is 0 Å². The molecular formula is C16H26N4O. The number of rotatable bonds is 4. The fourth-order valence-electron chi connectivity index (χ4n) is 2.78. The van der Waals surface area contributed by atoms with Gasteiger partial charge in [-0.2, -0.15) is 0 Å². The minimum absolute atomic E-state index is 0.0307. The summed E-state index contributed by atoms with van der Waals surface area (Å²) in [5.74, 6) is 0.0307. The predicted octanol–water partition coefficient (Wildman–Crippen LogP) is 1.54. The van der Waals surface area contributed by atoms with Gasteiger partial charge in [0.05, 0.1) is 6.54 Å². The van der Waals surface area contributed by atoms with Crippen molar-refractivity contribution in [1.82, 2.24) is 9.80 Å². The molecule has 1 aromatic rings. The molecule has 5 nitrogen and oxygen atoms in total. The molecule has 1 aliphatic heterocycles. The Morgan fingerprint density at radius 3 is 2.90 bits per heavy atom. The smallest absolute Gasteiger partial charge is 0.238 e. The summed E-state index contributed by atoms with van der Waals surface area (Å²) in [7, 11) is 2.15. The van der Waals surface area contributed by atoms with Crippen LogP contribution in [0, 0.1) is 6.92 Å². The van der Waals surface area contributed by atoms with Crippen molar-refractivity contribution in [2.24, 2.45) is 0 Å². The SMILES string of the molecule is CCC1CN(CC(=O)Nc2cccc(N)c2C)CCN1C. The van der Waals surface area contributed by atoms with Crippen LogP contribution in [0.15, 0.2) is 18.2 Å². The molecule has 1 unspecified atom stereocenters. The Hall–Kier alpha value is -1.59. The molecule has 116 valence electrons. The number of amides is 1. The number of hydrogen-bond donors (Lipinski definition) is 2. The third-order valence-corrected chi connectivity index (χ3v) is 4.35. The van der Waals surface area contributed by atoms with Gasteiger partial charge in [0.2, 0.25) is 5.91 Å². The molecule has 1 heterocycles. The Kier molecular flexibility index (Phi) is 5.20. The monoisotopic (exact) mass is 290 g/mol. The number of piperazine rings is 1. The molecule has 1 aliphatic rings. The molecule has 0 saturated carbocycles. The van der Waals surface area contributed by atoms with Gasteiger partial charge in [0.1, 0.15) is 0 Å². The molecule has 1 amide bonds. The minimum Gasteiger partial charge on any atom is -0.398 e. The summed E-state index contributed by atoms with van der Waals surface area (Å²) in [6.07, 6.45) is 1.11. The number of hydrogen-bond acceptors (Lipinski definition) is 4. The molecule has 1 aromatic carbocycles. The lowest BCUT2D eigenvalue weighted by Crippen LogP contribution is -2.52. The van der Waals surface area contributed by atoms with Gasteiger partial charge < -0.3 is 16.0 Å². The normalized spacial score (nSPS) is 20.4. The highest BCUT2D eigenvalue weighted by Crippen LogP contribution is 2.20. The Bertz CT molecular complexity index is 503. The summed E-state index contributed by atoms with van der Waals surface area (Å²) >= 11 is 0. The number of carbonyl (C=O) groups is 1. The fraction of sp³-hybridized carbons (Fsp3) is 0.562. The fourth-order valence-corrected chi connectivity index (χ4v) is 2.78. The van der Waals surface area contributed by atoms with Crippen LogP contribution >= 0.6 is 0 Å². The van der Waals surface area contributed by atoms with Gasteiger partial charge in [-0.25, -0.2) is 0 Å². The summed E-state index contributed by atoms with van der Waals surface area (Å²) in [6, 6.07) is 6.14. The molecule has 5 heteroatoms. The van der Waals surface area contributed by atoms with Crippen molar-refractivity contribution in [3.63, 3.8) is 0 Å². The number of likely N-dealkylation sites (N-methyl/N-ethyl adjacent to an activating group) is 1. The van der Waals surface area contributed by atoms with Crippen molar-refractivity contribution in [3.8, 4) is 0 Å². The number of nitrogens with zero attached hydrogens (tertiary/aromatic N) is 2. The maximum Gasteiger partial charge on any atom is 0.238 e. The second-order valence-electron chi connectivity index (χ2n) is 5.85. The van der Waals surface area contributed by atoms with Crippen LogP contribution < -0.4 is 11.1 Å². The third kappa shape index (κ3) is 3.95. The van der Waals surface area contributed by atoms with Gasteiger partial charge >= 0.3 is 0 Å². The van der Waals surface area contributed by atoms with E-state index in [2.05, 4.69) is 29.1 Å². The molecule has 21 heavy (non-hydrogen) atoms. The van der Waals surface area contributed by atoms with Crippen molar-refractivity contribution < 1.29 is 4.79 Å². The molecule has 0 radical (unpaired) electrons. The summed E-state index contributed by atoms with van der Waals surface area (Å²) < 4.78 is 0. The first-order valence-corrected chi connectivity index (χ1v) is 7.58. The first-order chi connectivity index (χ1) is 10.0. The van der Waals surface area contributed by atoms with E-state index in [0.29, 0.717) is 18.3 Å². The molecule has 0 aliphatic carbocycles. The molecular weight excluding hydrogens is 264 g/mol. The first kappa shape index (κ1) is 15.8. The van der Waals surface area contributed by atoms with Gasteiger partial charge in [0.25, 0.3) is 0 Å². The van der Waals surface area contributed by atoms with E-state index >= 15 is 0 Å². The lowest BCUT2D eigenvalue weighted by Gasteiger charge is -2.38. The summed E-state index contributed by atoms with van der Waals surface area (Å²) in [5.41, 5.74) is 8.30. The topological polar surface area (TPSA) is 61.6 Å². The standard InChI is InChI=1S/C16H26N4O/c1-4-13-10-20(9-8-19(13)3)11-16(21)18-15-7-5-6-14(17)12(15)2/h5-7,13H,4,8-11,17H2,1-3H3,(H,18,21). The molecule has 0 aromatic heterocycles. The van der Waals surface area contributed by atoms with Crippen LogP contribution in [0.25, 0.3) is 0 Å². The molecule has 2 rings (SSSR count). The van der Waals surface area contributed by atoms with Crippen LogP contribution in [0.4, 0.5) is 11.4 Å². The number of nitrogens with two attached hydrogens (primary N) is 1. The molecule has 1 atom stereocenters. The third-order valence-electron chi connectivity index (χ3n) is 4.35. The van der Waals surface area contributed by atoms with Crippen molar-refractivity contribution in [2.75, 3.05) is 44.3 Å². The van der Waals surface area contributed by atoms with E-state index in [4.69, 9.17) is 5.73 Å². The minimum atomic E-state index is 0.0307. The van der Waals surface area contributed by atoms with E-state index < -0.39 is 0 Å². The first-order valence-electron chi connectivity index (χ1n) is 7.58. The quantitative estimate of drug-likeness (QED) is 0.826. The van der Waals surface area contributed by atoms with E-state index in [1.807, 2.05) is 25.1 Å². The zero-order valence-electron chi connectivity index (χ0n) is 13.2. The Balaban J connectivity index is 1.91. The van der Waals surface area contributed by atoms with Crippen LogP contribution in [0.2, 0.25) is 0 Å². The van der Waals surface area contributed by atoms with E-state index in [0.717, 1.165) is 37.3 Å². The Labute approximate surface area is 127 Å². The largest absolute Gasteiger partial charge is 0.398 e. The van der Waals surface area contributed by atoms with Gasteiger partial charge in [-0.3, -0.25) is 9.69 Å². The maximum atomic E-state index is 12.2. The van der Waals surface area contributed by atoms with Crippen molar-refractivity contribution in [3.05, 3.63) is 23.8 Å². The van der Waals surface area contributed by atoms with Crippen LogP contribution in [0.3, 0.4) is 0 Å². The lowest BCUT2D eigenvalue weighted by atomic mass is 10.1. The van der Waals surface area contributed by atoms with E-state index in [-0.39, 0.29) is 5.91 Å². The van der Waals surface area contributed by atoms with Crippen LogP contribution in [-0.4, -0.2) is 55.0 Å². The van der Waals surface area contributed by atoms with Crippen LogP contribution in [-0.2, 0) is 4.79 Å². The molecule has 1 fully saturated rings. The van der Waals surface area contributed by atoms with Crippen molar-refractivity contribution >= 4 is 17.3 Å². The summed E-state index contributed by atoms with van der Waals surface area (Å²) in [5, 5.41) is 2.97. The number of anilines is 2. The molecule has 0 spiro atoms. The molecule has 1 saturated heterocycles. The average molecular weight is 290 g/mol. The number of carbonyl (C=O) groups excluding carboxylic acids is 1. The van der Waals surface area contributed by atoms with Gasteiger partial charge in [-0.1, -0.05) is 13.0 Å². The molecule has 0 bridgehead atoms. The van der Waals surface area contributed by atoms with Gasteiger partial charge in [0, 0.05) is 37.1 Å². The predicted molar refractivity (Wildman–Crippen MR) is 87.4 cm³/mol. The van der Waals surface area contributed by atoms with Gasteiger partial charge in [-0.05, 0) is 38.1 Å². The van der Waals surface area contributed by atoms with E-state index in [1.165, 1.54) is 0 Å². The second-order valence-corrected chi connectivity index (χ2v) is 5.85. The highest BCUT2D eigenvalue weighted by molar-refractivity contribution is 5.93. The zero-order valence-corrected chi connectivity index (χ0v) is 13.2. The summed E-state index contributed by atoms with van der Waals surface area (Å²) in [4.78, 5) is 16.8. The molecule has 3 N–H and O–H groups in total. The van der Waals surface area contributed by atoms with Crippen LogP contribution in [0.1, 0.15) is 18.9 Å². The number of nitrogen functional groups attached to an aromatic ring is 1. The van der Waals surface area contributed by atoms with E-state index in [9.17, 15) is 4.79 Å². The number of benzene rings is 1. The van der Waals surface area contributed by atoms with Gasteiger partial charge in [0.15, 0.2) is 0 Å². The van der Waals surface area contributed by atoms with Gasteiger partial charge in [-0.15, -0.1) is 0 Å². The highest BCUT2D eigenvalue weighted by Gasteiger charge is 2.24. The van der Waals surface area contributed by atoms with Crippen molar-refractivity contribution in [2.45, 2.75) is 26.3 Å². The Morgan fingerprint density at radius 2 is 2.19 bits per heavy atom. The lowest BCUT2D eigenvalue weighted by molar-refractivity contribution is -0.118. The highest BCUT2D eigenvalue weighted by atomic mass is 16.2. The summed E-state index contributed by atoms with van der Waals surface area (Å²) in [6.45, 7) is 7.48. The number of nitrogens with one attached hydrogen (secondary N) is 1. The Morgan fingerprint density at radius 1 is 1.43 bits per heavy atom.